The van der Waals surface area contributed by atoms with E-state index >= 15 is 0 Å². The molecular formula is C14H28N2S. The molecule has 100 valence electrons. The number of thioether (sulfide) groups is 1. The van der Waals surface area contributed by atoms with Crippen LogP contribution in [0.4, 0.5) is 0 Å². The highest BCUT2D eigenvalue weighted by Gasteiger charge is 2.33. The molecule has 2 fully saturated rings. The number of nitrogens with one attached hydrogen (secondary N) is 1. The summed E-state index contributed by atoms with van der Waals surface area (Å²) in [5.74, 6) is 0.894. The molecule has 1 aliphatic heterocycles. The van der Waals surface area contributed by atoms with Crippen LogP contribution >= 0.6 is 11.8 Å². The van der Waals surface area contributed by atoms with Gasteiger partial charge in [0.15, 0.2) is 0 Å². The lowest BCUT2D eigenvalue weighted by Crippen LogP contribution is -2.34. The molecule has 3 unspecified atom stereocenters. The van der Waals surface area contributed by atoms with Crippen molar-refractivity contribution in [1.29, 1.82) is 0 Å². The third-order valence-electron chi connectivity index (χ3n) is 4.34. The van der Waals surface area contributed by atoms with Gasteiger partial charge in [0.25, 0.3) is 0 Å². The largest absolute Gasteiger partial charge is 0.314 e. The van der Waals surface area contributed by atoms with Crippen molar-refractivity contribution in [3.63, 3.8) is 0 Å². The highest BCUT2D eigenvalue weighted by molar-refractivity contribution is 7.99. The lowest BCUT2D eigenvalue weighted by molar-refractivity contribution is 0.236. The maximum atomic E-state index is 3.59. The summed E-state index contributed by atoms with van der Waals surface area (Å²) in [6.45, 7) is 8.38. The summed E-state index contributed by atoms with van der Waals surface area (Å²) in [6, 6.07) is 1.54. The monoisotopic (exact) mass is 256 g/mol. The first kappa shape index (κ1) is 13.7. The predicted octanol–water partition coefficient (Wildman–Crippen LogP) is 2.59. The molecule has 1 N–H and O–H groups in total. The van der Waals surface area contributed by atoms with Gasteiger partial charge in [-0.2, -0.15) is 11.8 Å². The Balaban J connectivity index is 1.71. The molecule has 0 aromatic carbocycles. The summed E-state index contributed by atoms with van der Waals surface area (Å²) in [5, 5.41) is 4.53. The summed E-state index contributed by atoms with van der Waals surface area (Å²) in [4.78, 5) is 2.77. The maximum Gasteiger partial charge on any atom is 0.0106 e. The quantitative estimate of drug-likeness (QED) is 0.814. The normalized spacial score (nSPS) is 34.9. The van der Waals surface area contributed by atoms with E-state index < -0.39 is 0 Å². The van der Waals surface area contributed by atoms with Crippen molar-refractivity contribution in [2.45, 2.75) is 56.9 Å². The molecule has 3 heteroatoms. The molecule has 2 aliphatic rings. The van der Waals surface area contributed by atoms with Crippen LogP contribution < -0.4 is 5.32 Å². The van der Waals surface area contributed by atoms with Gasteiger partial charge in [0.05, 0.1) is 0 Å². The molecule has 1 aliphatic carbocycles. The summed E-state index contributed by atoms with van der Waals surface area (Å²) in [6.07, 6.45) is 7.99. The Labute approximate surface area is 111 Å². The number of hydrogen-bond acceptors (Lipinski definition) is 3. The molecule has 0 bridgehead atoms. The summed E-state index contributed by atoms with van der Waals surface area (Å²) in [7, 11) is 0. The highest BCUT2D eigenvalue weighted by Crippen LogP contribution is 2.33. The van der Waals surface area contributed by atoms with E-state index in [1.807, 2.05) is 0 Å². The van der Waals surface area contributed by atoms with Crippen LogP contribution in [0.5, 0.6) is 0 Å². The van der Waals surface area contributed by atoms with Crippen molar-refractivity contribution in [3.8, 4) is 0 Å². The van der Waals surface area contributed by atoms with Crippen molar-refractivity contribution < 1.29 is 0 Å². The third-order valence-corrected chi connectivity index (χ3v) is 5.43. The number of rotatable bonds is 5. The van der Waals surface area contributed by atoms with Gasteiger partial charge in [0.2, 0.25) is 0 Å². The van der Waals surface area contributed by atoms with E-state index in [1.54, 1.807) is 0 Å². The van der Waals surface area contributed by atoms with Crippen LogP contribution in [0.1, 0.15) is 39.5 Å². The molecule has 0 amide bonds. The first-order valence-electron chi connectivity index (χ1n) is 7.19. The Morgan fingerprint density at radius 3 is 2.76 bits per heavy atom. The predicted molar refractivity (Wildman–Crippen MR) is 77.8 cm³/mol. The molecule has 0 radical (unpaired) electrons. The smallest absolute Gasteiger partial charge is 0.0106 e. The van der Waals surface area contributed by atoms with Gasteiger partial charge in [-0.05, 0) is 50.9 Å². The van der Waals surface area contributed by atoms with Crippen molar-refractivity contribution >= 4 is 11.8 Å². The van der Waals surface area contributed by atoms with Crippen LogP contribution in [0.15, 0.2) is 0 Å². The van der Waals surface area contributed by atoms with E-state index in [4.69, 9.17) is 0 Å². The summed E-state index contributed by atoms with van der Waals surface area (Å²) in [5.41, 5.74) is 0. The van der Waals surface area contributed by atoms with Crippen molar-refractivity contribution in [1.82, 2.24) is 10.2 Å². The zero-order valence-corrected chi connectivity index (χ0v) is 12.4. The van der Waals surface area contributed by atoms with Crippen molar-refractivity contribution in [2.24, 2.45) is 5.92 Å². The van der Waals surface area contributed by atoms with E-state index in [-0.39, 0.29) is 0 Å². The Bertz CT molecular complexity index is 232. The van der Waals surface area contributed by atoms with E-state index in [9.17, 15) is 0 Å². The zero-order chi connectivity index (χ0) is 12.3. The van der Waals surface area contributed by atoms with Crippen molar-refractivity contribution in [2.75, 3.05) is 25.9 Å². The molecular weight excluding hydrogens is 228 g/mol. The summed E-state index contributed by atoms with van der Waals surface area (Å²) >= 11 is 2.07. The first-order valence-corrected chi connectivity index (χ1v) is 8.48. The average Bonchev–Trinajstić information content (AvgIpc) is 2.94. The van der Waals surface area contributed by atoms with E-state index in [2.05, 4.69) is 42.1 Å². The second-order valence-electron chi connectivity index (χ2n) is 6.04. The topological polar surface area (TPSA) is 15.3 Å². The minimum absolute atomic E-state index is 0.636. The standard InChI is InChI=1S/C14H28N2S/c1-11(2)15-9-12-6-7-16(10-12)13-4-5-14(8-13)17-3/h11-15H,4-10H2,1-3H3. The van der Waals surface area contributed by atoms with Gasteiger partial charge >= 0.3 is 0 Å². The summed E-state index contributed by atoms with van der Waals surface area (Å²) < 4.78 is 0. The Kier molecular flexibility index (Phi) is 5.19. The van der Waals surface area contributed by atoms with Crippen LogP contribution in [-0.4, -0.2) is 48.1 Å². The Morgan fingerprint density at radius 2 is 2.12 bits per heavy atom. The first-order chi connectivity index (χ1) is 8.19. The van der Waals surface area contributed by atoms with Crippen LogP contribution in [-0.2, 0) is 0 Å². The second kappa shape index (κ2) is 6.44. The number of hydrogen-bond donors (Lipinski definition) is 1. The van der Waals surface area contributed by atoms with Gasteiger partial charge in [-0.1, -0.05) is 13.8 Å². The van der Waals surface area contributed by atoms with Crippen LogP contribution in [0.3, 0.4) is 0 Å². The average molecular weight is 256 g/mol. The van der Waals surface area contributed by atoms with Gasteiger partial charge in [0, 0.05) is 23.9 Å². The second-order valence-corrected chi connectivity index (χ2v) is 7.18. The molecule has 2 nitrogen and oxygen atoms in total. The van der Waals surface area contributed by atoms with E-state index in [1.165, 1.54) is 45.3 Å². The molecule has 17 heavy (non-hydrogen) atoms. The lowest BCUT2D eigenvalue weighted by Gasteiger charge is -2.24. The van der Waals surface area contributed by atoms with E-state index in [0.29, 0.717) is 6.04 Å². The van der Waals surface area contributed by atoms with Crippen LogP contribution in [0.2, 0.25) is 0 Å². The number of likely N-dealkylation sites (tertiary alicyclic amines) is 1. The molecule has 1 saturated carbocycles. The molecule has 1 saturated heterocycles. The molecule has 2 rings (SSSR count). The maximum absolute atomic E-state index is 3.59. The minimum atomic E-state index is 0.636. The van der Waals surface area contributed by atoms with Gasteiger partial charge in [-0.15, -0.1) is 0 Å². The van der Waals surface area contributed by atoms with Crippen molar-refractivity contribution in [3.05, 3.63) is 0 Å². The third kappa shape index (κ3) is 3.87. The molecule has 0 spiro atoms. The molecule has 0 aromatic rings. The van der Waals surface area contributed by atoms with Crippen LogP contribution in [0, 0.1) is 5.92 Å². The SMILES string of the molecule is CSC1CCC(N2CCC(CNC(C)C)C2)C1. The van der Waals surface area contributed by atoms with Gasteiger partial charge in [0.1, 0.15) is 0 Å². The van der Waals surface area contributed by atoms with Gasteiger partial charge in [-0.25, -0.2) is 0 Å². The Hall–Kier alpha value is 0.270. The van der Waals surface area contributed by atoms with Gasteiger partial charge in [-0.3, -0.25) is 0 Å². The molecule has 1 heterocycles. The minimum Gasteiger partial charge on any atom is -0.314 e. The van der Waals surface area contributed by atoms with Crippen LogP contribution in [0.25, 0.3) is 0 Å². The van der Waals surface area contributed by atoms with Gasteiger partial charge < -0.3 is 10.2 Å². The molecule has 3 atom stereocenters. The zero-order valence-electron chi connectivity index (χ0n) is 11.6. The Morgan fingerprint density at radius 1 is 1.29 bits per heavy atom. The molecule has 0 aromatic heterocycles. The fourth-order valence-electron chi connectivity index (χ4n) is 3.23. The van der Waals surface area contributed by atoms with E-state index in [0.717, 1.165) is 17.2 Å². The fourth-order valence-corrected chi connectivity index (χ4v) is 4.01. The number of nitrogens with zero attached hydrogens (tertiary/aromatic N) is 1. The fraction of sp³-hybridized carbons (Fsp3) is 1.00. The highest BCUT2D eigenvalue weighted by atomic mass is 32.2. The lowest BCUT2D eigenvalue weighted by atomic mass is 10.1.